The van der Waals surface area contributed by atoms with Crippen LogP contribution in [0.15, 0.2) is 148 Å². The summed E-state index contributed by atoms with van der Waals surface area (Å²) in [6.45, 7) is 0. The van der Waals surface area contributed by atoms with E-state index in [1.165, 1.54) is 36.4 Å². The quantitative estimate of drug-likeness (QED) is 0.141. The Balaban J connectivity index is 0.00000352. The Labute approximate surface area is 452 Å². The Morgan fingerprint density at radius 1 is 0.516 bits per heavy atom. The number of benzene rings is 2. The number of aliphatic hydroxyl groups is 2. The number of nitrogens with one attached hydrogen (secondary N) is 2. The number of hydrogen-bond donors (Lipinski definition) is 4. The first kappa shape index (κ1) is 57.7. The van der Waals surface area contributed by atoms with E-state index < -0.39 is 114 Å². The van der Waals surface area contributed by atoms with Gasteiger partial charge in [-0.1, -0.05) is 12.1 Å². The SMILES string of the molecule is O=C(Nc1cccc(C(=O)N=C2C=C(S(=O)(=O)[O-])C=C3CC(S(=O)(=O)[O-])=CC(O)=C32)c1)Nc1cccc(C(=O)N=C2C=C(S(=O)(=O)[O-])C=C3CC(S(=O)(=O)[O-])=CC(O)=C32)c1.[Na+].[Na+].[Na+].[Na+]. The first-order valence-corrected chi connectivity index (χ1v) is 21.9. The van der Waals surface area contributed by atoms with Crippen molar-refractivity contribution < 1.29 is 195 Å². The van der Waals surface area contributed by atoms with Gasteiger partial charge in [0, 0.05) is 56.3 Å². The molecule has 2 aromatic rings. The third-order valence-electron chi connectivity index (χ3n) is 8.58. The second-order valence-corrected chi connectivity index (χ2v) is 18.3. The molecule has 4 aliphatic carbocycles. The number of aliphatic hydroxyl groups excluding tert-OH is 2. The van der Waals surface area contributed by atoms with Gasteiger partial charge in [0.2, 0.25) is 0 Å². The number of urea groups is 1. The molecule has 4 aliphatic rings. The number of carbonyl (C=O) groups excluding carboxylic acids is 3. The molecule has 0 radical (unpaired) electrons. The summed E-state index contributed by atoms with van der Waals surface area (Å²) in [5.74, 6) is -3.89. The van der Waals surface area contributed by atoms with Crippen LogP contribution >= 0.6 is 0 Å². The number of amides is 4. The second kappa shape index (κ2) is 22.1. The molecule has 64 heavy (non-hydrogen) atoms. The monoisotopic (exact) mass is 990 g/mol. The number of anilines is 2. The molecule has 312 valence electrons. The van der Waals surface area contributed by atoms with Crippen molar-refractivity contribution in [3.05, 3.63) is 150 Å². The van der Waals surface area contributed by atoms with E-state index in [-0.39, 0.29) is 163 Å². The Bertz CT molecular complexity index is 2960. The fraction of sp³-hybridized carbons (Fsp3) is 0.0571. The van der Waals surface area contributed by atoms with Crippen LogP contribution in [-0.2, 0) is 40.5 Å². The van der Waals surface area contributed by atoms with E-state index in [2.05, 4.69) is 20.6 Å². The molecule has 4 N–H and O–H groups in total. The van der Waals surface area contributed by atoms with Crippen LogP contribution < -0.4 is 129 Å². The molecule has 0 fully saturated rings. The van der Waals surface area contributed by atoms with Crippen LogP contribution in [0.3, 0.4) is 0 Å². The van der Waals surface area contributed by atoms with Crippen LogP contribution in [0, 0.1) is 0 Å². The van der Waals surface area contributed by atoms with Gasteiger partial charge in [0.15, 0.2) is 0 Å². The number of allylic oxidation sites excluding steroid dienone is 12. The molecule has 0 saturated carbocycles. The van der Waals surface area contributed by atoms with Crippen LogP contribution in [0.4, 0.5) is 16.2 Å². The third-order valence-corrected chi connectivity index (χ3v) is 12.0. The summed E-state index contributed by atoms with van der Waals surface area (Å²) in [5.41, 5.74) is -2.85. The molecule has 0 saturated heterocycles. The zero-order chi connectivity index (χ0) is 44.1. The fourth-order valence-electron chi connectivity index (χ4n) is 6.00. The van der Waals surface area contributed by atoms with Gasteiger partial charge in [0.25, 0.3) is 11.8 Å². The van der Waals surface area contributed by atoms with E-state index in [4.69, 9.17) is 0 Å². The van der Waals surface area contributed by atoms with Crippen LogP contribution in [0.1, 0.15) is 33.6 Å². The maximum Gasteiger partial charge on any atom is 1.00 e. The minimum atomic E-state index is -5.22. The number of aliphatic imine (C=N–C) groups is 2. The first-order chi connectivity index (χ1) is 27.8. The van der Waals surface area contributed by atoms with Gasteiger partial charge in [-0.2, -0.15) is 0 Å². The van der Waals surface area contributed by atoms with Gasteiger partial charge in [-0.05, 0) is 84.0 Å². The van der Waals surface area contributed by atoms with Crippen molar-refractivity contribution in [1.82, 2.24) is 0 Å². The molecule has 4 amide bonds. The van der Waals surface area contributed by atoms with Crippen molar-refractivity contribution in [2.24, 2.45) is 9.98 Å². The number of carbonyl (C=O) groups is 3. The van der Waals surface area contributed by atoms with Crippen molar-refractivity contribution in [3.63, 3.8) is 0 Å². The molecule has 0 aliphatic heterocycles. The molecule has 0 spiro atoms. The average molecular weight is 991 g/mol. The van der Waals surface area contributed by atoms with E-state index in [1.54, 1.807) is 0 Å². The van der Waals surface area contributed by atoms with Gasteiger partial charge < -0.3 is 39.1 Å². The van der Waals surface area contributed by atoms with Crippen molar-refractivity contribution in [3.8, 4) is 0 Å². The third kappa shape index (κ3) is 13.8. The molecule has 0 heterocycles. The maximum atomic E-state index is 13.3. The Morgan fingerprint density at radius 2 is 0.859 bits per heavy atom. The Kier molecular flexibility index (Phi) is 19.9. The van der Waals surface area contributed by atoms with Gasteiger partial charge >= 0.3 is 124 Å². The summed E-state index contributed by atoms with van der Waals surface area (Å²) in [4.78, 5) is 43.5. The van der Waals surface area contributed by atoms with Gasteiger partial charge in [-0.15, -0.1) is 0 Å². The van der Waals surface area contributed by atoms with Gasteiger partial charge in [0.1, 0.15) is 52.0 Å². The first-order valence-electron chi connectivity index (χ1n) is 16.3. The van der Waals surface area contributed by atoms with Gasteiger partial charge in [-0.25, -0.2) is 48.5 Å². The average Bonchev–Trinajstić information content (AvgIpc) is 3.12. The molecule has 0 unspecified atom stereocenters. The topological polar surface area (TPSA) is 369 Å². The minimum Gasteiger partial charge on any atom is -0.744 e. The molecule has 0 bridgehead atoms. The van der Waals surface area contributed by atoms with E-state index in [0.29, 0.717) is 24.3 Å². The molecule has 0 aromatic heterocycles. The Morgan fingerprint density at radius 3 is 1.17 bits per heavy atom. The Hall–Kier alpha value is -2.45. The number of hydrogen-bond acceptors (Lipinski definition) is 17. The number of rotatable bonds is 8. The standard InChI is InChI=1S/C35H26N4O17S4.4Na/c40-29-15-25(59(51,52)53)11-19-9-23(57(45,46)47)13-27(31(19)29)38-33(42)17-3-1-5-21(7-17)36-35(44)37-22-6-2-4-18(8-22)34(43)39-28-14-24(58(48,49)50)10-20-12-26(60(54,55)56)16-30(41)32(20)28;;;;/h1-10,13-16,40-41H,11-12H2,(H2,36,37,44)(H,45,46,47)(H,48,49,50)(H,51,52,53)(H,54,55,56);;;;/q;4*+1/p-4. The predicted molar refractivity (Wildman–Crippen MR) is 205 cm³/mol. The fourth-order valence-corrected chi connectivity index (χ4v) is 8.26. The van der Waals surface area contributed by atoms with Crippen LogP contribution in [-0.4, -0.2) is 91.4 Å². The largest absolute Gasteiger partial charge is 1.00 e. The minimum absolute atomic E-state index is 0. The van der Waals surface area contributed by atoms with Crippen molar-refractivity contribution in [1.29, 1.82) is 0 Å². The van der Waals surface area contributed by atoms with Crippen LogP contribution in [0.5, 0.6) is 0 Å². The summed E-state index contributed by atoms with van der Waals surface area (Å²) >= 11 is 0. The van der Waals surface area contributed by atoms with Crippen LogP contribution in [0.2, 0.25) is 0 Å². The maximum absolute atomic E-state index is 13.3. The number of fused-ring (bicyclic) bond motifs is 2. The second-order valence-electron chi connectivity index (χ2n) is 12.7. The zero-order valence-electron chi connectivity index (χ0n) is 33.5. The molecule has 2 aromatic carbocycles. The molecule has 0 atom stereocenters. The smallest absolute Gasteiger partial charge is 0.744 e. The summed E-state index contributed by atoms with van der Waals surface area (Å²) < 4.78 is 141. The van der Waals surface area contributed by atoms with Crippen molar-refractivity contribution >= 4 is 81.1 Å². The molecular formula is C35H22N4Na4O17S4. The van der Waals surface area contributed by atoms with E-state index in [0.717, 1.165) is 24.3 Å². The summed E-state index contributed by atoms with van der Waals surface area (Å²) in [6, 6.07) is 9.08. The summed E-state index contributed by atoms with van der Waals surface area (Å²) in [7, 11) is -20.7. The van der Waals surface area contributed by atoms with Crippen LogP contribution in [0.25, 0.3) is 0 Å². The van der Waals surface area contributed by atoms with Gasteiger partial charge in [-0.3, -0.25) is 9.59 Å². The summed E-state index contributed by atoms with van der Waals surface area (Å²) in [6.07, 6.45) is 2.57. The molecule has 29 heteroatoms. The van der Waals surface area contributed by atoms with E-state index in [1.807, 2.05) is 0 Å². The zero-order valence-corrected chi connectivity index (χ0v) is 44.8. The predicted octanol–water partition coefficient (Wildman–Crippen LogP) is -9.46. The molecule has 21 nitrogen and oxygen atoms in total. The van der Waals surface area contributed by atoms with Crippen molar-refractivity contribution in [2.45, 2.75) is 12.8 Å². The molecule has 6 rings (SSSR count). The van der Waals surface area contributed by atoms with Gasteiger partial charge in [0.05, 0.1) is 21.2 Å². The molecular weight excluding hydrogens is 969 g/mol. The number of nitrogens with zero attached hydrogens (tertiary/aromatic N) is 2. The van der Waals surface area contributed by atoms with E-state index in [9.17, 15) is 76.5 Å². The normalized spacial score (nSPS) is 17.4. The van der Waals surface area contributed by atoms with Crippen molar-refractivity contribution in [2.75, 3.05) is 10.6 Å². The summed E-state index contributed by atoms with van der Waals surface area (Å²) in [5, 5.41) is 25.9. The van der Waals surface area contributed by atoms with E-state index >= 15 is 0 Å².